The van der Waals surface area contributed by atoms with Crippen molar-refractivity contribution in [3.05, 3.63) is 53.7 Å². The number of nitrogens with one attached hydrogen (secondary N) is 1. The summed E-state index contributed by atoms with van der Waals surface area (Å²) in [6.07, 6.45) is 6.39. The van der Waals surface area contributed by atoms with E-state index in [2.05, 4.69) is 26.3 Å². The molecule has 0 radical (unpaired) electrons. The minimum absolute atomic E-state index is 0.376. The number of carbonyl (C=O) groups is 1. The van der Waals surface area contributed by atoms with Gasteiger partial charge in [0.25, 0.3) is 0 Å². The van der Waals surface area contributed by atoms with Crippen LogP contribution < -0.4 is 5.32 Å². The van der Waals surface area contributed by atoms with Crippen LogP contribution in [0.2, 0.25) is 0 Å². The van der Waals surface area contributed by atoms with Gasteiger partial charge < -0.3 is 10.4 Å². The molecule has 0 aliphatic rings. The molecule has 0 aromatic carbocycles. The molecule has 150 valence electrons. The van der Waals surface area contributed by atoms with Crippen LogP contribution in [0.5, 0.6) is 0 Å². The second-order valence-corrected chi connectivity index (χ2v) is 7.09. The number of rotatable bonds is 6. The van der Waals surface area contributed by atoms with Gasteiger partial charge in [-0.1, -0.05) is 13.3 Å². The molecule has 4 rings (SSSR count). The molecule has 0 aliphatic heterocycles. The number of hydrogen-bond donors (Lipinski definition) is 2. The summed E-state index contributed by atoms with van der Waals surface area (Å²) in [6, 6.07) is 7.71. The number of nitrogens with zero attached hydrogens (tertiary/aromatic N) is 5. The Morgan fingerprint density at radius 2 is 2.03 bits per heavy atom. The summed E-state index contributed by atoms with van der Waals surface area (Å²) >= 11 is 0. The lowest BCUT2D eigenvalue weighted by Gasteiger charge is -2.14. The van der Waals surface area contributed by atoms with Crippen LogP contribution >= 0.6 is 0 Å². The van der Waals surface area contributed by atoms with Crippen molar-refractivity contribution in [2.24, 2.45) is 0 Å². The second kappa shape index (κ2) is 7.89. The Labute approximate surface area is 172 Å². The molecule has 4 aromatic heterocycles. The summed E-state index contributed by atoms with van der Waals surface area (Å²) in [5.74, 6) is 0.385. The van der Waals surface area contributed by atoms with Crippen molar-refractivity contribution >= 4 is 28.8 Å². The number of anilines is 1. The first kappa shape index (κ1) is 19.5. The SMILES string of the molecule is CCCC(O)c1cc(C)c(-c2cc3cnc(NC=O)cc3n3c(C#N)cnc23)cn1. The highest BCUT2D eigenvalue weighted by Crippen LogP contribution is 2.33. The largest absolute Gasteiger partial charge is 0.387 e. The molecule has 8 heteroatoms. The Morgan fingerprint density at radius 3 is 2.73 bits per heavy atom. The Morgan fingerprint density at radius 1 is 1.20 bits per heavy atom. The Balaban J connectivity index is 1.95. The maximum atomic E-state index is 10.8. The Bertz CT molecular complexity index is 1300. The van der Waals surface area contributed by atoms with Crippen molar-refractivity contribution in [2.45, 2.75) is 32.8 Å². The van der Waals surface area contributed by atoms with Crippen LogP contribution in [0.3, 0.4) is 0 Å². The van der Waals surface area contributed by atoms with E-state index in [-0.39, 0.29) is 0 Å². The van der Waals surface area contributed by atoms with E-state index in [0.29, 0.717) is 41.2 Å². The molecular formula is C22H20N6O2. The maximum absolute atomic E-state index is 10.8. The van der Waals surface area contributed by atoms with Gasteiger partial charge in [-0.3, -0.25) is 14.2 Å². The van der Waals surface area contributed by atoms with Crippen LogP contribution in [0.4, 0.5) is 5.82 Å². The second-order valence-electron chi connectivity index (χ2n) is 7.09. The number of pyridine rings is 3. The molecule has 0 aliphatic carbocycles. The number of nitriles is 1. The average Bonchev–Trinajstić information content (AvgIpc) is 3.18. The lowest BCUT2D eigenvalue weighted by Crippen LogP contribution is -2.03. The van der Waals surface area contributed by atoms with Crippen LogP contribution in [-0.2, 0) is 4.79 Å². The van der Waals surface area contributed by atoms with Gasteiger partial charge in [0.15, 0.2) is 0 Å². The van der Waals surface area contributed by atoms with Crippen molar-refractivity contribution in [3.8, 4) is 17.2 Å². The van der Waals surface area contributed by atoms with E-state index in [1.165, 1.54) is 6.20 Å². The topological polar surface area (TPSA) is 116 Å². The summed E-state index contributed by atoms with van der Waals surface area (Å²) in [7, 11) is 0. The van der Waals surface area contributed by atoms with Crippen molar-refractivity contribution in [1.29, 1.82) is 5.26 Å². The molecule has 0 saturated carbocycles. The molecule has 1 atom stereocenters. The number of hydrogen-bond acceptors (Lipinski definition) is 6. The third kappa shape index (κ3) is 3.25. The van der Waals surface area contributed by atoms with Gasteiger partial charge in [-0.25, -0.2) is 9.97 Å². The van der Waals surface area contributed by atoms with Crippen LogP contribution in [0.1, 0.15) is 42.8 Å². The van der Waals surface area contributed by atoms with E-state index >= 15 is 0 Å². The van der Waals surface area contributed by atoms with Gasteiger partial charge >= 0.3 is 0 Å². The summed E-state index contributed by atoms with van der Waals surface area (Å²) < 4.78 is 1.75. The number of carbonyl (C=O) groups excluding carboxylic acids is 1. The Kier molecular flexibility index (Phi) is 5.12. The zero-order valence-electron chi connectivity index (χ0n) is 16.6. The fraction of sp³-hybridized carbons (Fsp3) is 0.227. The van der Waals surface area contributed by atoms with E-state index in [0.717, 1.165) is 28.5 Å². The van der Waals surface area contributed by atoms with Gasteiger partial charge in [0.05, 0.1) is 23.5 Å². The van der Waals surface area contributed by atoms with E-state index < -0.39 is 6.10 Å². The summed E-state index contributed by atoms with van der Waals surface area (Å²) in [5, 5.41) is 23.2. The van der Waals surface area contributed by atoms with Crippen LogP contribution in [0.15, 0.2) is 36.8 Å². The monoisotopic (exact) mass is 400 g/mol. The first-order valence-electron chi connectivity index (χ1n) is 9.62. The average molecular weight is 400 g/mol. The molecule has 4 heterocycles. The molecular weight excluding hydrogens is 380 g/mol. The quantitative estimate of drug-likeness (QED) is 0.478. The molecule has 0 fully saturated rings. The van der Waals surface area contributed by atoms with E-state index in [9.17, 15) is 15.2 Å². The number of amides is 1. The van der Waals surface area contributed by atoms with Crippen LogP contribution in [0, 0.1) is 18.3 Å². The van der Waals surface area contributed by atoms with Gasteiger partial charge in [0, 0.05) is 35.0 Å². The summed E-state index contributed by atoms with van der Waals surface area (Å²) in [6.45, 7) is 3.98. The lowest BCUT2D eigenvalue weighted by molar-refractivity contribution is -0.105. The van der Waals surface area contributed by atoms with Crippen molar-refractivity contribution in [3.63, 3.8) is 0 Å². The minimum atomic E-state index is -0.594. The number of aryl methyl sites for hydroxylation is 1. The van der Waals surface area contributed by atoms with E-state index in [1.807, 2.05) is 26.0 Å². The van der Waals surface area contributed by atoms with Gasteiger partial charge in [-0.15, -0.1) is 0 Å². The zero-order valence-corrected chi connectivity index (χ0v) is 16.6. The number of fused-ring (bicyclic) bond motifs is 3. The predicted molar refractivity (Wildman–Crippen MR) is 113 cm³/mol. The van der Waals surface area contributed by atoms with Gasteiger partial charge in [-0.2, -0.15) is 5.26 Å². The van der Waals surface area contributed by atoms with Crippen molar-refractivity contribution in [1.82, 2.24) is 19.4 Å². The number of imidazole rings is 1. The molecule has 0 bridgehead atoms. The third-order valence-corrected chi connectivity index (χ3v) is 5.10. The predicted octanol–water partition coefficient (Wildman–Crippen LogP) is 3.53. The van der Waals surface area contributed by atoms with Crippen molar-refractivity contribution < 1.29 is 9.90 Å². The lowest BCUT2D eigenvalue weighted by atomic mass is 10.00. The van der Waals surface area contributed by atoms with E-state index in [1.54, 1.807) is 22.9 Å². The van der Waals surface area contributed by atoms with E-state index in [4.69, 9.17) is 0 Å². The molecule has 1 unspecified atom stereocenters. The molecule has 1 amide bonds. The molecule has 2 N–H and O–H groups in total. The fourth-order valence-electron chi connectivity index (χ4n) is 3.65. The molecule has 30 heavy (non-hydrogen) atoms. The third-order valence-electron chi connectivity index (χ3n) is 5.10. The zero-order chi connectivity index (χ0) is 21.3. The molecule has 4 aromatic rings. The highest BCUT2D eigenvalue weighted by Gasteiger charge is 2.17. The Hall–Kier alpha value is -3.83. The number of aliphatic hydroxyl groups is 1. The smallest absolute Gasteiger partial charge is 0.212 e. The normalized spacial score (nSPS) is 12.1. The summed E-state index contributed by atoms with van der Waals surface area (Å²) in [5.41, 5.74) is 4.95. The fourth-order valence-corrected chi connectivity index (χ4v) is 3.65. The first-order valence-corrected chi connectivity index (χ1v) is 9.62. The van der Waals surface area contributed by atoms with Crippen molar-refractivity contribution in [2.75, 3.05) is 5.32 Å². The van der Waals surface area contributed by atoms with Gasteiger partial charge in [-0.05, 0) is 31.0 Å². The molecule has 8 nitrogen and oxygen atoms in total. The summed E-state index contributed by atoms with van der Waals surface area (Å²) in [4.78, 5) is 24.0. The molecule has 0 spiro atoms. The van der Waals surface area contributed by atoms with Gasteiger partial charge in [0.2, 0.25) is 6.41 Å². The maximum Gasteiger partial charge on any atom is 0.212 e. The van der Waals surface area contributed by atoms with Gasteiger partial charge in [0.1, 0.15) is 23.2 Å². The molecule has 0 saturated heterocycles. The number of aliphatic hydroxyl groups excluding tert-OH is 1. The standard InChI is InChI=1S/C22H20N6O2/c1-3-4-20(30)18-5-13(2)17(11-24-18)16-6-14-9-25-21(27-12-29)7-19(14)28-15(8-23)10-26-22(16)28/h5-7,9-12,20,30H,3-4H2,1-2H3,(H,25,27,29). The highest BCUT2D eigenvalue weighted by molar-refractivity contribution is 5.94. The highest BCUT2D eigenvalue weighted by atomic mass is 16.3. The number of aromatic nitrogens is 4. The van der Waals surface area contributed by atoms with Crippen LogP contribution in [0.25, 0.3) is 27.7 Å². The van der Waals surface area contributed by atoms with Crippen LogP contribution in [-0.4, -0.2) is 30.9 Å². The first-order chi connectivity index (χ1) is 14.6. The minimum Gasteiger partial charge on any atom is -0.387 e.